The molecule has 0 aromatic carbocycles. The summed E-state index contributed by atoms with van der Waals surface area (Å²) in [7, 11) is 0. The fourth-order valence-corrected chi connectivity index (χ4v) is 1.42. The van der Waals surface area contributed by atoms with Gasteiger partial charge in [-0.15, -0.1) is 0 Å². The molecule has 0 radical (unpaired) electrons. The van der Waals surface area contributed by atoms with E-state index < -0.39 is 12.2 Å². The summed E-state index contributed by atoms with van der Waals surface area (Å²) in [6.07, 6.45) is 0.701. The van der Waals surface area contributed by atoms with Crippen molar-refractivity contribution in [3.05, 3.63) is 48.7 Å². The molecule has 0 unspecified atom stereocenters. The largest absolute Gasteiger partial charge is 0.412 e. The average molecular weight is 254 g/mol. The quantitative estimate of drug-likeness (QED) is 0.914. The normalized spacial score (nSPS) is 13.1. The second-order valence-electron chi connectivity index (χ2n) is 3.50. The number of nitrogens with one attached hydrogen (secondary N) is 1. The summed E-state index contributed by atoms with van der Waals surface area (Å²) in [6.45, 7) is 0. The van der Waals surface area contributed by atoms with Gasteiger partial charge < -0.3 is 5.32 Å². The predicted molar refractivity (Wildman–Crippen MR) is 58.7 cm³/mol. The van der Waals surface area contributed by atoms with E-state index >= 15 is 0 Å². The summed E-state index contributed by atoms with van der Waals surface area (Å²) in [5.74, 6) is 0.108. The van der Waals surface area contributed by atoms with Crippen molar-refractivity contribution in [3.8, 4) is 0 Å². The number of rotatable bonds is 3. The van der Waals surface area contributed by atoms with Gasteiger partial charge in [0.2, 0.25) is 0 Å². The van der Waals surface area contributed by atoms with Gasteiger partial charge in [0.05, 0.1) is 0 Å². The number of alkyl halides is 3. The highest BCUT2D eigenvalue weighted by Crippen LogP contribution is 2.34. The average Bonchev–Trinajstić information content (AvgIpc) is 2.37. The van der Waals surface area contributed by atoms with Crippen molar-refractivity contribution in [2.45, 2.75) is 12.2 Å². The van der Waals surface area contributed by atoms with Gasteiger partial charge in [0.25, 0.3) is 0 Å². The molecule has 2 heterocycles. The lowest BCUT2D eigenvalue weighted by Crippen LogP contribution is -2.28. The molecule has 7 heteroatoms. The third kappa shape index (κ3) is 2.93. The molecule has 4 nitrogen and oxygen atoms in total. The molecule has 0 bridgehead atoms. The number of halogens is 3. The lowest BCUT2D eigenvalue weighted by molar-refractivity contribution is -0.144. The molecule has 0 fully saturated rings. The maximum Gasteiger partial charge on any atom is 0.412 e. The van der Waals surface area contributed by atoms with E-state index in [-0.39, 0.29) is 11.4 Å². The van der Waals surface area contributed by atoms with E-state index in [0.29, 0.717) is 0 Å². The summed E-state index contributed by atoms with van der Waals surface area (Å²) in [5, 5.41) is 2.32. The molecule has 0 saturated heterocycles. The van der Waals surface area contributed by atoms with Crippen molar-refractivity contribution >= 4 is 5.82 Å². The minimum atomic E-state index is -4.44. The van der Waals surface area contributed by atoms with E-state index in [2.05, 4.69) is 20.3 Å². The maximum absolute atomic E-state index is 13.0. The summed E-state index contributed by atoms with van der Waals surface area (Å²) >= 11 is 0. The molecule has 1 atom stereocenters. The van der Waals surface area contributed by atoms with E-state index in [4.69, 9.17) is 0 Å². The zero-order valence-corrected chi connectivity index (χ0v) is 9.09. The molecule has 0 amide bonds. The highest BCUT2D eigenvalue weighted by atomic mass is 19.4. The lowest BCUT2D eigenvalue weighted by Gasteiger charge is -2.21. The van der Waals surface area contributed by atoms with Crippen LogP contribution in [0.5, 0.6) is 0 Å². The Morgan fingerprint density at radius 2 is 1.94 bits per heavy atom. The van der Waals surface area contributed by atoms with Gasteiger partial charge in [-0.1, -0.05) is 6.07 Å². The van der Waals surface area contributed by atoms with Crippen molar-refractivity contribution in [2.24, 2.45) is 0 Å². The number of pyridine rings is 1. The number of hydrogen-bond acceptors (Lipinski definition) is 4. The Labute approximate surface area is 101 Å². The molecule has 2 aromatic rings. The Bertz CT molecular complexity index is 487. The molecule has 0 aliphatic heterocycles. The van der Waals surface area contributed by atoms with Crippen LogP contribution in [0, 0.1) is 0 Å². The van der Waals surface area contributed by atoms with E-state index in [9.17, 15) is 13.2 Å². The molecule has 94 valence electrons. The van der Waals surface area contributed by atoms with E-state index in [0.717, 1.165) is 0 Å². The topological polar surface area (TPSA) is 50.7 Å². The molecule has 1 N–H and O–H groups in total. The van der Waals surface area contributed by atoms with Crippen LogP contribution >= 0.6 is 0 Å². The van der Waals surface area contributed by atoms with Crippen LogP contribution in [0.1, 0.15) is 11.6 Å². The third-order valence-electron chi connectivity index (χ3n) is 2.22. The minimum Gasteiger partial charge on any atom is -0.355 e. The van der Waals surface area contributed by atoms with Gasteiger partial charge in [-0.2, -0.15) is 13.2 Å². The Kier molecular flexibility index (Phi) is 3.40. The van der Waals surface area contributed by atoms with Crippen LogP contribution < -0.4 is 5.32 Å². The van der Waals surface area contributed by atoms with Crippen molar-refractivity contribution in [1.29, 1.82) is 0 Å². The maximum atomic E-state index is 13.0. The standard InChI is InChI=1S/C11H9F3N4/c12-11(13,14)10(8-2-1-4-15-6-8)18-9-3-5-16-7-17-9/h1-7,10H,(H,16,17,18)/t10-/m0/s1. The summed E-state index contributed by atoms with van der Waals surface area (Å²) < 4.78 is 38.9. The van der Waals surface area contributed by atoms with Gasteiger partial charge in [0.15, 0.2) is 6.04 Å². The second-order valence-corrected chi connectivity index (χ2v) is 3.50. The van der Waals surface area contributed by atoms with Crippen LogP contribution in [-0.2, 0) is 0 Å². The number of aromatic nitrogens is 3. The van der Waals surface area contributed by atoms with Gasteiger partial charge in [0.1, 0.15) is 12.1 Å². The van der Waals surface area contributed by atoms with Crippen molar-refractivity contribution < 1.29 is 13.2 Å². The fourth-order valence-electron chi connectivity index (χ4n) is 1.42. The van der Waals surface area contributed by atoms with Gasteiger partial charge >= 0.3 is 6.18 Å². The molecule has 2 rings (SSSR count). The van der Waals surface area contributed by atoms with Gasteiger partial charge in [-0.3, -0.25) is 4.98 Å². The van der Waals surface area contributed by atoms with E-state index in [1.54, 1.807) is 0 Å². The molecule has 0 saturated carbocycles. The molecule has 18 heavy (non-hydrogen) atoms. The van der Waals surface area contributed by atoms with Gasteiger partial charge in [0, 0.05) is 24.2 Å². The van der Waals surface area contributed by atoms with Gasteiger partial charge in [-0.05, 0) is 12.1 Å². The van der Waals surface area contributed by atoms with E-state index in [1.807, 2.05) is 0 Å². The Hall–Kier alpha value is -2.18. The molecule has 2 aromatic heterocycles. The van der Waals surface area contributed by atoms with Crippen LogP contribution in [0.25, 0.3) is 0 Å². The van der Waals surface area contributed by atoms with Crippen molar-refractivity contribution in [2.75, 3.05) is 5.32 Å². The smallest absolute Gasteiger partial charge is 0.355 e. The first-order valence-electron chi connectivity index (χ1n) is 5.06. The minimum absolute atomic E-state index is 0.0311. The second kappa shape index (κ2) is 4.99. The zero-order valence-electron chi connectivity index (χ0n) is 9.09. The third-order valence-corrected chi connectivity index (χ3v) is 2.22. The number of anilines is 1. The Morgan fingerprint density at radius 3 is 2.50 bits per heavy atom. The lowest BCUT2D eigenvalue weighted by atomic mass is 10.1. The van der Waals surface area contributed by atoms with Crippen LogP contribution in [-0.4, -0.2) is 21.1 Å². The van der Waals surface area contributed by atoms with E-state index in [1.165, 1.54) is 43.1 Å². The molecule has 0 aliphatic carbocycles. The summed E-state index contributed by atoms with van der Waals surface area (Å²) in [6, 6.07) is 2.34. The number of hydrogen-bond donors (Lipinski definition) is 1. The van der Waals surface area contributed by atoms with Crippen molar-refractivity contribution in [3.63, 3.8) is 0 Å². The predicted octanol–water partition coefficient (Wildman–Crippen LogP) is 2.59. The van der Waals surface area contributed by atoms with Crippen LogP contribution in [0.15, 0.2) is 43.1 Å². The SMILES string of the molecule is FC(F)(F)[C@@H](Nc1ccncn1)c1cccnc1. The Morgan fingerprint density at radius 1 is 1.11 bits per heavy atom. The zero-order chi connectivity index (χ0) is 13.0. The number of nitrogens with zero attached hydrogens (tertiary/aromatic N) is 3. The first-order chi connectivity index (χ1) is 8.57. The highest BCUT2D eigenvalue weighted by molar-refractivity contribution is 5.37. The summed E-state index contributed by atoms with van der Waals surface area (Å²) in [4.78, 5) is 11.0. The molecular weight excluding hydrogens is 245 g/mol. The fraction of sp³-hybridized carbons (Fsp3) is 0.182. The summed E-state index contributed by atoms with van der Waals surface area (Å²) in [5.41, 5.74) is 0.0311. The first-order valence-corrected chi connectivity index (χ1v) is 5.06. The Balaban J connectivity index is 2.28. The first kappa shape index (κ1) is 12.3. The monoisotopic (exact) mass is 254 g/mol. The molecular formula is C11H9F3N4. The van der Waals surface area contributed by atoms with Gasteiger partial charge in [-0.25, -0.2) is 9.97 Å². The molecule has 0 aliphatic rings. The highest BCUT2D eigenvalue weighted by Gasteiger charge is 2.41. The van der Waals surface area contributed by atoms with Crippen LogP contribution in [0.3, 0.4) is 0 Å². The van der Waals surface area contributed by atoms with Crippen LogP contribution in [0.4, 0.5) is 19.0 Å². The van der Waals surface area contributed by atoms with Crippen LogP contribution in [0.2, 0.25) is 0 Å². The molecule has 0 spiro atoms. The van der Waals surface area contributed by atoms with Crippen molar-refractivity contribution in [1.82, 2.24) is 15.0 Å².